The lowest BCUT2D eigenvalue weighted by Crippen LogP contribution is -2.12. The van der Waals surface area contributed by atoms with E-state index < -0.39 is 11.8 Å². The molecule has 1 fully saturated rings. The van der Waals surface area contributed by atoms with Crippen molar-refractivity contribution in [1.82, 2.24) is 0 Å². The SMILES string of the molecule is O=C(O)Cc1ccc(NC(=O)c2sccc2C2CC2)cc1F. The molecule has 114 valence electrons. The lowest BCUT2D eigenvalue weighted by molar-refractivity contribution is -0.136. The van der Waals surface area contributed by atoms with Gasteiger partial charge in [-0.1, -0.05) is 6.07 Å². The van der Waals surface area contributed by atoms with E-state index in [0.29, 0.717) is 16.5 Å². The number of rotatable bonds is 5. The number of halogens is 1. The van der Waals surface area contributed by atoms with Crippen molar-refractivity contribution in [3.05, 3.63) is 51.5 Å². The first kappa shape index (κ1) is 14.7. The van der Waals surface area contributed by atoms with Gasteiger partial charge >= 0.3 is 5.97 Å². The van der Waals surface area contributed by atoms with Gasteiger partial charge in [0.2, 0.25) is 0 Å². The van der Waals surface area contributed by atoms with Crippen LogP contribution in [0.3, 0.4) is 0 Å². The van der Waals surface area contributed by atoms with Crippen molar-refractivity contribution in [1.29, 1.82) is 0 Å². The van der Waals surface area contributed by atoms with E-state index in [2.05, 4.69) is 5.32 Å². The third kappa shape index (κ3) is 3.17. The molecule has 0 unspecified atom stereocenters. The predicted octanol–water partition coefficient (Wildman–Crippen LogP) is 3.64. The Morgan fingerprint density at radius 1 is 1.32 bits per heavy atom. The molecule has 0 aliphatic heterocycles. The van der Waals surface area contributed by atoms with Crippen molar-refractivity contribution in [2.24, 2.45) is 0 Å². The molecule has 0 radical (unpaired) electrons. The molecular weight excluding hydrogens is 305 g/mol. The number of hydrogen-bond acceptors (Lipinski definition) is 3. The van der Waals surface area contributed by atoms with Crippen LogP contribution in [0.1, 0.15) is 39.6 Å². The molecule has 1 saturated carbocycles. The van der Waals surface area contributed by atoms with Crippen LogP contribution < -0.4 is 5.32 Å². The van der Waals surface area contributed by atoms with E-state index in [-0.39, 0.29) is 17.9 Å². The summed E-state index contributed by atoms with van der Waals surface area (Å²) >= 11 is 1.38. The quantitative estimate of drug-likeness (QED) is 0.884. The van der Waals surface area contributed by atoms with Crippen LogP contribution in [-0.4, -0.2) is 17.0 Å². The van der Waals surface area contributed by atoms with Crippen molar-refractivity contribution in [3.8, 4) is 0 Å². The molecule has 1 amide bonds. The molecule has 0 saturated heterocycles. The number of anilines is 1. The first-order chi connectivity index (χ1) is 10.5. The zero-order chi connectivity index (χ0) is 15.7. The van der Waals surface area contributed by atoms with E-state index in [4.69, 9.17) is 5.11 Å². The summed E-state index contributed by atoms with van der Waals surface area (Å²) in [4.78, 5) is 23.6. The van der Waals surface area contributed by atoms with E-state index in [0.717, 1.165) is 24.5 Å². The van der Waals surface area contributed by atoms with E-state index >= 15 is 0 Å². The number of hydrogen-bond donors (Lipinski definition) is 2. The molecule has 0 spiro atoms. The minimum atomic E-state index is -1.09. The standard InChI is InChI=1S/C16H14FNO3S/c17-13-8-11(4-3-10(13)7-14(19)20)18-16(21)15-12(5-6-22-15)9-1-2-9/h3-6,8-9H,1-2,7H2,(H,18,21)(H,19,20). The Morgan fingerprint density at radius 3 is 2.73 bits per heavy atom. The van der Waals surface area contributed by atoms with E-state index in [1.54, 1.807) is 0 Å². The van der Waals surface area contributed by atoms with Gasteiger partial charge in [0, 0.05) is 5.69 Å². The normalized spacial score (nSPS) is 13.9. The van der Waals surface area contributed by atoms with Crippen LogP contribution in [-0.2, 0) is 11.2 Å². The van der Waals surface area contributed by atoms with E-state index in [1.165, 1.54) is 23.5 Å². The average Bonchev–Trinajstić information content (AvgIpc) is 3.18. The summed E-state index contributed by atoms with van der Waals surface area (Å²) in [6.45, 7) is 0. The van der Waals surface area contributed by atoms with Crippen molar-refractivity contribution < 1.29 is 19.1 Å². The first-order valence-electron chi connectivity index (χ1n) is 6.93. The Hall–Kier alpha value is -2.21. The average molecular weight is 319 g/mol. The third-order valence-corrected chi connectivity index (χ3v) is 4.50. The van der Waals surface area contributed by atoms with E-state index in [9.17, 15) is 14.0 Å². The Labute approximate surface area is 130 Å². The zero-order valence-corrected chi connectivity index (χ0v) is 12.5. The zero-order valence-electron chi connectivity index (χ0n) is 11.6. The third-order valence-electron chi connectivity index (χ3n) is 3.57. The Morgan fingerprint density at radius 2 is 2.09 bits per heavy atom. The molecule has 1 aliphatic rings. The number of thiophene rings is 1. The second-order valence-corrected chi connectivity index (χ2v) is 6.23. The Kier molecular flexibility index (Phi) is 3.94. The molecule has 2 N–H and O–H groups in total. The number of amides is 1. The number of carbonyl (C=O) groups is 2. The second kappa shape index (κ2) is 5.88. The Bertz CT molecular complexity index is 737. The summed E-state index contributed by atoms with van der Waals surface area (Å²) in [6.07, 6.45) is 1.84. The Balaban J connectivity index is 1.75. The van der Waals surface area contributed by atoms with Crippen LogP contribution in [0.5, 0.6) is 0 Å². The molecule has 0 atom stereocenters. The second-order valence-electron chi connectivity index (χ2n) is 5.31. The number of carboxylic acids is 1. The van der Waals surface area contributed by atoms with Gasteiger partial charge in [-0.15, -0.1) is 11.3 Å². The summed E-state index contributed by atoms with van der Waals surface area (Å²) in [6, 6.07) is 6.02. The van der Waals surface area contributed by atoms with Crippen LogP contribution in [0.15, 0.2) is 29.6 Å². The fourth-order valence-corrected chi connectivity index (χ4v) is 3.22. The highest BCUT2D eigenvalue weighted by Crippen LogP contribution is 2.43. The van der Waals surface area contributed by atoms with Crippen molar-refractivity contribution in [2.75, 3.05) is 5.32 Å². The lowest BCUT2D eigenvalue weighted by Gasteiger charge is -2.07. The van der Waals surface area contributed by atoms with Crippen molar-refractivity contribution in [3.63, 3.8) is 0 Å². The summed E-state index contributed by atoms with van der Waals surface area (Å²) in [5.41, 5.74) is 1.48. The molecule has 1 aliphatic carbocycles. The minimum absolute atomic E-state index is 0.0975. The smallest absolute Gasteiger partial charge is 0.307 e. The molecule has 0 bridgehead atoms. The maximum Gasteiger partial charge on any atom is 0.307 e. The van der Waals surface area contributed by atoms with Crippen molar-refractivity contribution >= 4 is 28.9 Å². The minimum Gasteiger partial charge on any atom is -0.481 e. The molecule has 6 heteroatoms. The summed E-state index contributed by atoms with van der Waals surface area (Å²) in [5, 5.41) is 13.2. The molecule has 22 heavy (non-hydrogen) atoms. The lowest BCUT2D eigenvalue weighted by atomic mass is 10.1. The monoisotopic (exact) mass is 319 g/mol. The number of carbonyl (C=O) groups excluding carboxylic acids is 1. The van der Waals surface area contributed by atoms with Gasteiger partial charge in [-0.25, -0.2) is 4.39 Å². The van der Waals surface area contributed by atoms with Gasteiger partial charge in [0.15, 0.2) is 0 Å². The summed E-state index contributed by atoms with van der Waals surface area (Å²) < 4.78 is 13.8. The maximum atomic E-state index is 13.8. The van der Waals surface area contributed by atoms with Gasteiger partial charge in [0.25, 0.3) is 5.91 Å². The fourth-order valence-electron chi connectivity index (χ4n) is 2.34. The van der Waals surface area contributed by atoms with Crippen LogP contribution in [0.25, 0.3) is 0 Å². The van der Waals surface area contributed by atoms with Crippen molar-refractivity contribution in [2.45, 2.75) is 25.2 Å². The highest BCUT2D eigenvalue weighted by Gasteiger charge is 2.29. The van der Waals surface area contributed by atoms with Crippen LogP contribution in [0.4, 0.5) is 10.1 Å². The van der Waals surface area contributed by atoms with Gasteiger partial charge < -0.3 is 10.4 Å². The van der Waals surface area contributed by atoms with Gasteiger partial charge in [0.1, 0.15) is 5.82 Å². The molecule has 3 rings (SSSR count). The van der Waals surface area contributed by atoms with Gasteiger partial charge in [-0.3, -0.25) is 9.59 Å². The largest absolute Gasteiger partial charge is 0.481 e. The van der Waals surface area contributed by atoms with E-state index in [1.807, 2.05) is 11.4 Å². The highest BCUT2D eigenvalue weighted by atomic mass is 32.1. The topological polar surface area (TPSA) is 66.4 Å². The highest BCUT2D eigenvalue weighted by molar-refractivity contribution is 7.12. The fraction of sp³-hybridized carbons (Fsp3) is 0.250. The number of aliphatic carboxylic acids is 1. The number of carboxylic acid groups (broad SMARTS) is 1. The van der Waals surface area contributed by atoms with Gasteiger partial charge in [0.05, 0.1) is 11.3 Å². The van der Waals surface area contributed by atoms with Gasteiger partial charge in [-0.05, 0) is 53.5 Å². The number of benzene rings is 1. The summed E-state index contributed by atoms with van der Waals surface area (Å²) in [7, 11) is 0. The molecule has 1 heterocycles. The predicted molar refractivity (Wildman–Crippen MR) is 82.0 cm³/mol. The van der Waals surface area contributed by atoms with Crippen LogP contribution >= 0.6 is 11.3 Å². The molecule has 4 nitrogen and oxygen atoms in total. The molecule has 2 aromatic rings. The van der Waals surface area contributed by atoms with Crippen LogP contribution in [0, 0.1) is 5.82 Å². The van der Waals surface area contributed by atoms with Gasteiger partial charge in [-0.2, -0.15) is 0 Å². The summed E-state index contributed by atoms with van der Waals surface area (Å²) in [5.74, 6) is -1.50. The van der Waals surface area contributed by atoms with Crippen LogP contribution in [0.2, 0.25) is 0 Å². The maximum absolute atomic E-state index is 13.8. The molecular formula is C16H14FNO3S. The number of nitrogens with one attached hydrogen (secondary N) is 1. The molecule has 1 aromatic heterocycles. The molecule has 1 aromatic carbocycles. The first-order valence-corrected chi connectivity index (χ1v) is 7.81.